The van der Waals surface area contributed by atoms with E-state index in [1.807, 2.05) is 0 Å². The number of carbonyl (C=O) groups is 2. The van der Waals surface area contributed by atoms with Gasteiger partial charge < -0.3 is 10.4 Å². The lowest BCUT2D eigenvalue weighted by molar-refractivity contribution is -0.385. The molecule has 0 aromatic heterocycles. The molecule has 0 aliphatic carbocycles. The number of hydrogen-bond donors (Lipinski definition) is 2. The highest BCUT2D eigenvalue weighted by Crippen LogP contribution is 2.18. The van der Waals surface area contributed by atoms with E-state index in [2.05, 4.69) is 5.32 Å². The highest BCUT2D eigenvalue weighted by Gasteiger charge is 2.27. The number of nitrogens with one attached hydrogen (secondary N) is 1. The summed E-state index contributed by atoms with van der Waals surface area (Å²) in [6.45, 7) is 0. The number of hydrogen-bond acceptors (Lipinski definition) is 6. The number of likely N-dealkylation sites (N-methyl/N-ethyl adjacent to an activating group) is 1. The SMILES string of the molecule is CN(C#N)C(=O)C(Cc1ccc(O)cc1)NC(=O)c1ccccc1[N+](=O)[O-]. The van der Waals surface area contributed by atoms with Crippen LogP contribution in [-0.4, -0.2) is 39.8 Å². The van der Waals surface area contributed by atoms with Crippen molar-refractivity contribution in [3.8, 4) is 11.9 Å². The van der Waals surface area contributed by atoms with E-state index in [0.717, 1.165) is 4.90 Å². The molecule has 0 saturated carbocycles. The number of nitrogens with zero attached hydrogens (tertiary/aromatic N) is 3. The molecule has 138 valence electrons. The molecule has 0 spiro atoms. The van der Waals surface area contributed by atoms with Crippen molar-refractivity contribution in [2.45, 2.75) is 12.5 Å². The second-order valence-electron chi connectivity index (χ2n) is 5.67. The average Bonchev–Trinajstić information content (AvgIpc) is 2.67. The van der Waals surface area contributed by atoms with Crippen LogP contribution in [0.5, 0.6) is 5.75 Å². The highest BCUT2D eigenvalue weighted by atomic mass is 16.6. The molecule has 0 radical (unpaired) electrons. The quantitative estimate of drug-likeness (QED) is 0.344. The molecular weight excluding hydrogens is 352 g/mol. The molecule has 2 N–H and O–H groups in total. The Kier molecular flexibility index (Phi) is 6.06. The number of aromatic hydroxyl groups is 1. The van der Waals surface area contributed by atoms with Crippen molar-refractivity contribution in [3.63, 3.8) is 0 Å². The van der Waals surface area contributed by atoms with Crippen molar-refractivity contribution in [2.75, 3.05) is 7.05 Å². The maximum absolute atomic E-state index is 12.5. The van der Waals surface area contributed by atoms with E-state index >= 15 is 0 Å². The summed E-state index contributed by atoms with van der Waals surface area (Å²) in [4.78, 5) is 36.2. The van der Waals surface area contributed by atoms with Crippen LogP contribution in [0, 0.1) is 21.6 Å². The zero-order valence-electron chi connectivity index (χ0n) is 14.3. The van der Waals surface area contributed by atoms with E-state index in [4.69, 9.17) is 5.26 Å². The van der Waals surface area contributed by atoms with Gasteiger partial charge in [-0.05, 0) is 23.8 Å². The third-order valence-corrected chi connectivity index (χ3v) is 3.81. The average molecular weight is 368 g/mol. The minimum atomic E-state index is -1.12. The Morgan fingerprint density at radius 3 is 2.48 bits per heavy atom. The number of carbonyl (C=O) groups excluding carboxylic acids is 2. The van der Waals surface area contributed by atoms with Gasteiger partial charge in [0, 0.05) is 19.5 Å². The highest BCUT2D eigenvalue weighted by molar-refractivity contribution is 6.00. The molecule has 1 unspecified atom stereocenters. The van der Waals surface area contributed by atoms with E-state index in [1.54, 1.807) is 18.3 Å². The van der Waals surface area contributed by atoms with Gasteiger partial charge in [0.1, 0.15) is 17.4 Å². The fraction of sp³-hybridized carbons (Fsp3) is 0.167. The molecule has 9 heteroatoms. The minimum absolute atomic E-state index is 0.0392. The first kappa shape index (κ1) is 19.4. The van der Waals surface area contributed by atoms with Crippen LogP contribution in [0.2, 0.25) is 0 Å². The van der Waals surface area contributed by atoms with Gasteiger partial charge in [0.15, 0.2) is 6.19 Å². The first-order valence-electron chi connectivity index (χ1n) is 7.83. The van der Waals surface area contributed by atoms with E-state index in [9.17, 15) is 24.8 Å². The molecule has 2 amide bonds. The number of benzene rings is 2. The molecule has 2 aromatic carbocycles. The molecule has 0 aliphatic rings. The zero-order valence-corrected chi connectivity index (χ0v) is 14.3. The van der Waals surface area contributed by atoms with Crippen LogP contribution in [0.1, 0.15) is 15.9 Å². The molecule has 0 heterocycles. The summed E-state index contributed by atoms with van der Waals surface area (Å²) in [7, 11) is 1.25. The maximum atomic E-state index is 12.5. The number of amides is 2. The summed E-state index contributed by atoms with van der Waals surface area (Å²) in [6, 6.07) is 10.2. The lowest BCUT2D eigenvalue weighted by Gasteiger charge is -2.20. The smallest absolute Gasteiger partial charge is 0.282 e. The number of para-hydroxylation sites is 1. The van der Waals surface area contributed by atoms with Crippen molar-refractivity contribution >= 4 is 17.5 Å². The lowest BCUT2D eigenvalue weighted by Crippen LogP contribution is -2.47. The summed E-state index contributed by atoms with van der Waals surface area (Å²) in [5.74, 6) is -1.43. The second-order valence-corrected chi connectivity index (χ2v) is 5.67. The molecule has 2 aromatic rings. The van der Waals surface area contributed by atoms with Crippen molar-refractivity contribution in [2.24, 2.45) is 0 Å². The van der Waals surface area contributed by atoms with Crippen LogP contribution in [0.4, 0.5) is 5.69 Å². The number of nitro groups is 1. The predicted molar refractivity (Wildman–Crippen MR) is 94.5 cm³/mol. The van der Waals surface area contributed by atoms with E-state index in [1.165, 1.54) is 43.4 Å². The Balaban J connectivity index is 2.30. The van der Waals surface area contributed by atoms with Crippen LogP contribution in [-0.2, 0) is 11.2 Å². The maximum Gasteiger partial charge on any atom is 0.282 e. The van der Waals surface area contributed by atoms with Crippen LogP contribution in [0.15, 0.2) is 48.5 Å². The number of rotatable bonds is 6. The lowest BCUT2D eigenvalue weighted by atomic mass is 10.0. The summed E-state index contributed by atoms with van der Waals surface area (Å²) in [6.07, 6.45) is 1.71. The van der Waals surface area contributed by atoms with Gasteiger partial charge in [0.05, 0.1) is 4.92 Å². The topological polar surface area (TPSA) is 137 Å². The van der Waals surface area contributed by atoms with Gasteiger partial charge in [-0.25, -0.2) is 0 Å². The third-order valence-electron chi connectivity index (χ3n) is 3.81. The Morgan fingerprint density at radius 1 is 1.26 bits per heavy atom. The van der Waals surface area contributed by atoms with Crippen LogP contribution >= 0.6 is 0 Å². The van der Waals surface area contributed by atoms with Crippen molar-refractivity contribution < 1.29 is 19.6 Å². The second kappa shape index (κ2) is 8.44. The van der Waals surface area contributed by atoms with Crippen LogP contribution in [0.3, 0.4) is 0 Å². The summed E-state index contributed by atoms with van der Waals surface area (Å²) in [5.41, 5.74) is 0.0467. The molecule has 9 nitrogen and oxygen atoms in total. The third kappa shape index (κ3) is 4.79. The largest absolute Gasteiger partial charge is 0.508 e. The predicted octanol–water partition coefficient (Wildman–Crippen LogP) is 1.58. The van der Waals surface area contributed by atoms with Crippen molar-refractivity contribution in [1.82, 2.24) is 10.2 Å². The normalized spacial score (nSPS) is 11.1. The van der Waals surface area contributed by atoms with Gasteiger partial charge in [-0.1, -0.05) is 24.3 Å². The van der Waals surface area contributed by atoms with Crippen molar-refractivity contribution in [1.29, 1.82) is 5.26 Å². The molecule has 0 fully saturated rings. The van der Waals surface area contributed by atoms with Gasteiger partial charge in [0.2, 0.25) is 0 Å². The molecule has 27 heavy (non-hydrogen) atoms. The Labute approximate surface area is 154 Å². The number of phenolic OH excluding ortho intramolecular Hbond substituents is 1. The molecule has 2 rings (SSSR count). The number of nitro benzene ring substituents is 1. The van der Waals surface area contributed by atoms with Gasteiger partial charge in [-0.3, -0.25) is 24.6 Å². The van der Waals surface area contributed by atoms with Crippen LogP contribution in [0.25, 0.3) is 0 Å². The van der Waals surface area contributed by atoms with Gasteiger partial charge >= 0.3 is 0 Å². The van der Waals surface area contributed by atoms with Gasteiger partial charge in [-0.2, -0.15) is 5.26 Å². The summed E-state index contributed by atoms with van der Waals surface area (Å²) in [5, 5.41) is 31.9. The fourth-order valence-electron chi connectivity index (χ4n) is 2.41. The molecule has 0 bridgehead atoms. The fourth-order valence-corrected chi connectivity index (χ4v) is 2.41. The first-order valence-corrected chi connectivity index (χ1v) is 7.83. The molecule has 0 saturated heterocycles. The zero-order chi connectivity index (χ0) is 20.0. The minimum Gasteiger partial charge on any atom is -0.508 e. The van der Waals surface area contributed by atoms with Crippen LogP contribution < -0.4 is 5.32 Å². The summed E-state index contributed by atoms with van der Waals surface area (Å²) >= 11 is 0. The number of phenols is 1. The first-order chi connectivity index (χ1) is 12.8. The Morgan fingerprint density at radius 2 is 1.89 bits per heavy atom. The van der Waals surface area contributed by atoms with E-state index < -0.39 is 22.8 Å². The summed E-state index contributed by atoms with van der Waals surface area (Å²) < 4.78 is 0. The van der Waals surface area contributed by atoms with E-state index in [-0.39, 0.29) is 23.4 Å². The monoisotopic (exact) mass is 368 g/mol. The number of nitriles is 1. The molecular formula is C18H16N4O5. The van der Waals surface area contributed by atoms with Gasteiger partial charge in [0.25, 0.3) is 17.5 Å². The Bertz CT molecular complexity index is 905. The Hall–Kier alpha value is -3.93. The van der Waals surface area contributed by atoms with Gasteiger partial charge in [-0.15, -0.1) is 0 Å². The molecule has 1 atom stereocenters. The van der Waals surface area contributed by atoms with Crippen molar-refractivity contribution in [3.05, 3.63) is 69.8 Å². The molecule has 0 aliphatic heterocycles. The standard InChI is InChI=1S/C18H16N4O5/c1-21(11-19)18(25)15(10-12-6-8-13(23)9-7-12)20-17(24)14-4-2-3-5-16(14)22(26)27/h2-9,15,23H,10H2,1H3,(H,20,24). The van der Waals surface area contributed by atoms with E-state index in [0.29, 0.717) is 5.56 Å².